The van der Waals surface area contributed by atoms with E-state index >= 15 is 0 Å². The number of rotatable bonds is 5. The molecule has 2 N–H and O–H groups in total. The number of anilines is 2. The number of methoxy groups -OCH3 is 1. The lowest BCUT2D eigenvalue weighted by atomic mass is 10.2. The molecule has 0 saturated carbocycles. The Morgan fingerprint density at radius 1 is 1.29 bits per heavy atom. The van der Waals surface area contributed by atoms with Gasteiger partial charge in [-0.1, -0.05) is 17.4 Å². The number of carbonyl (C=O) groups is 2. The molecule has 110 valence electrons. The van der Waals surface area contributed by atoms with Crippen LogP contribution in [0.25, 0.3) is 0 Å². The predicted molar refractivity (Wildman–Crippen MR) is 79.8 cm³/mol. The lowest BCUT2D eigenvalue weighted by Crippen LogP contribution is -2.17. The van der Waals surface area contributed by atoms with Gasteiger partial charge in [-0.2, -0.15) is 0 Å². The van der Waals surface area contributed by atoms with Crippen molar-refractivity contribution in [1.29, 1.82) is 0 Å². The highest BCUT2D eigenvalue weighted by molar-refractivity contribution is 7.17. The van der Waals surface area contributed by atoms with Crippen LogP contribution in [-0.4, -0.2) is 35.7 Å². The summed E-state index contributed by atoms with van der Waals surface area (Å²) in [7, 11) is 1.43. The third-order valence-corrected chi connectivity index (χ3v) is 3.29. The van der Waals surface area contributed by atoms with Gasteiger partial charge in [-0.3, -0.25) is 9.59 Å². The highest BCUT2D eigenvalue weighted by atomic mass is 35.5. The van der Waals surface area contributed by atoms with Crippen molar-refractivity contribution >= 4 is 46.1 Å². The number of aromatic nitrogens is 2. The summed E-state index contributed by atoms with van der Waals surface area (Å²) in [5.74, 6) is -0.698. The van der Waals surface area contributed by atoms with Gasteiger partial charge in [-0.05, 0) is 29.8 Å². The Balaban J connectivity index is 2.04. The van der Waals surface area contributed by atoms with Crippen LogP contribution in [0, 0.1) is 0 Å². The summed E-state index contributed by atoms with van der Waals surface area (Å²) in [4.78, 5) is 23.3. The summed E-state index contributed by atoms with van der Waals surface area (Å²) in [6.07, 6.45) is 0. The lowest BCUT2D eigenvalue weighted by Gasteiger charge is -2.07. The molecule has 2 amide bonds. The van der Waals surface area contributed by atoms with Crippen LogP contribution in [0.15, 0.2) is 24.3 Å². The molecule has 0 unspecified atom stereocenters. The first-order valence-corrected chi connectivity index (χ1v) is 6.97. The van der Waals surface area contributed by atoms with Gasteiger partial charge >= 0.3 is 0 Å². The van der Waals surface area contributed by atoms with Gasteiger partial charge in [0.2, 0.25) is 15.4 Å². The molecule has 21 heavy (non-hydrogen) atoms. The number of carbonyl (C=O) groups excluding carboxylic acids is 2. The van der Waals surface area contributed by atoms with Crippen LogP contribution in [0.4, 0.5) is 11.4 Å². The average Bonchev–Trinajstić information content (AvgIpc) is 2.86. The molecule has 0 fully saturated rings. The third-order valence-electron chi connectivity index (χ3n) is 2.27. The molecule has 0 saturated heterocycles. The molecule has 0 radical (unpaired) electrons. The smallest absolute Gasteiger partial charge is 0.286 e. The molecular weight excluding hydrogens is 316 g/mol. The average molecular weight is 327 g/mol. The van der Waals surface area contributed by atoms with Crippen LogP contribution in [0.2, 0.25) is 4.47 Å². The SMILES string of the molecule is COCC(=O)Nc1cccc(NC(=O)c2nnc(Cl)s2)c1. The van der Waals surface area contributed by atoms with Gasteiger partial charge in [0, 0.05) is 18.5 Å². The number of ether oxygens (including phenoxy) is 1. The van der Waals surface area contributed by atoms with Crippen LogP contribution in [0.5, 0.6) is 0 Å². The number of halogens is 1. The Morgan fingerprint density at radius 2 is 2.00 bits per heavy atom. The monoisotopic (exact) mass is 326 g/mol. The minimum absolute atomic E-state index is 0.0418. The van der Waals surface area contributed by atoms with Crippen LogP contribution >= 0.6 is 22.9 Å². The maximum atomic E-state index is 11.9. The Bertz CT molecular complexity index is 661. The quantitative estimate of drug-likeness (QED) is 0.877. The number of amides is 2. The molecule has 0 spiro atoms. The second kappa shape index (κ2) is 7.11. The van der Waals surface area contributed by atoms with E-state index in [9.17, 15) is 9.59 Å². The second-order valence-electron chi connectivity index (χ2n) is 3.88. The summed E-state index contributed by atoms with van der Waals surface area (Å²) in [5, 5.41) is 12.6. The number of nitrogens with zero attached hydrogens (tertiary/aromatic N) is 2. The summed E-state index contributed by atoms with van der Waals surface area (Å²) in [5.41, 5.74) is 1.06. The molecule has 0 aliphatic rings. The Kier molecular flexibility index (Phi) is 5.20. The molecule has 9 heteroatoms. The van der Waals surface area contributed by atoms with Crippen LogP contribution in [-0.2, 0) is 9.53 Å². The van der Waals surface area contributed by atoms with Crippen molar-refractivity contribution in [3.63, 3.8) is 0 Å². The van der Waals surface area contributed by atoms with Gasteiger partial charge < -0.3 is 15.4 Å². The summed E-state index contributed by atoms with van der Waals surface area (Å²) < 4.78 is 4.92. The van der Waals surface area contributed by atoms with E-state index in [-0.39, 0.29) is 22.0 Å². The van der Waals surface area contributed by atoms with Crippen molar-refractivity contribution in [2.75, 3.05) is 24.4 Å². The molecule has 1 aromatic carbocycles. The highest BCUT2D eigenvalue weighted by Crippen LogP contribution is 2.19. The van der Waals surface area contributed by atoms with Crippen LogP contribution in [0.3, 0.4) is 0 Å². The minimum atomic E-state index is -0.417. The zero-order valence-electron chi connectivity index (χ0n) is 10.9. The molecule has 2 aromatic rings. The van der Waals surface area contributed by atoms with Crippen LogP contribution in [0.1, 0.15) is 9.80 Å². The molecule has 2 rings (SSSR count). The van der Waals surface area contributed by atoms with Crippen LogP contribution < -0.4 is 10.6 Å². The normalized spacial score (nSPS) is 10.2. The van der Waals surface area contributed by atoms with E-state index in [1.54, 1.807) is 24.3 Å². The molecule has 0 aliphatic heterocycles. The summed E-state index contributed by atoms with van der Waals surface area (Å²) >= 11 is 6.61. The Hall–Kier alpha value is -2.03. The van der Waals surface area contributed by atoms with Gasteiger partial charge in [-0.15, -0.1) is 10.2 Å². The molecule has 7 nitrogen and oxygen atoms in total. The van der Waals surface area contributed by atoms with Gasteiger partial charge in [0.05, 0.1) is 0 Å². The minimum Gasteiger partial charge on any atom is -0.375 e. The van der Waals surface area contributed by atoms with Crippen molar-refractivity contribution in [1.82, 2.24) is 10.2 Å². The number of hydrogen-bond donors (Lipinski definition) is 2. The molecule has 1 heterocycles. The second-order valence-corrected chi connectivity index (χ2v) is 5.44. The topological polar surface area (TPSA) is 93.2 Å². The molecular formula is C12H11ClN4O3S. The summed E-state index contributed by atoms with van der Waals surface area (Å²) in [6, 6.07) is 6.71. The molecule has 0 atom stereocenters. The van der Waals surface area contributed by atoms with Crippen molar-refractivity contribution in [3.05, 3.63) is 33.7 Å². The van der Waals surface area contributed by atoms with Gasteiger partial charge in [-0.25, -0.2) is 0 Å². The van der Waals surface area contributed by atoms with E-state index in [0.717, 1.165) is 11.3 Å². The maximum absolute atomic E-state index is 11.9. The standard InChI is InChI=1S/C12H11ClN4O3S/c1-20-6-9(18)14-7-3-2-4-8(5-7)15-10(19)11-16-17-12(13)21-11/h2-5H,6H2,1H3,(H,14,18)(H,15,19). The predicted octanol–water partition coefficient (Wildman–Crippen LogP) is 2.03. The first-order valence-electron chi connectivity index (χ1n) is 5.77. The van der Waals surface area contributed by atoms with Gasteiger partial charge in [0.25, 0.3) is 5.91 Å². The van der Waals surface area contributed by atoms with E-state index in [1.807, 2.05) is 0 Å². The molecule has 1 aromatic heterocycles. The van der Waals surface area contributed by atoms with E-state index in [2.05, 4.69) is 20.8 Å². The van der Waals surface area contributed by atoms with E-state index in [1.165, 1.54) is 7.11 Å². The largest absolute Gasteiger partial charge is 0.375 e. The van der Waals surface area contributed by atoms with Crippen molar-refractivity contribution in [2.45, 2.75) is 0 Å². The fourth-order valence-electron chi connectivity index (χ4n) is 1.48. The van der Waals surface area contributed by atoms with Crippen molar-refractivity contribution < 1.29 is 14.3 Å². The Morgan fingerprint density at radius 3 is 2.62 bits per heavy atom. The Labute approximate surface area is 129 Å². The maximum Gasteiger partial charge on any atom is 0.286 e. The zero-order valence-corrected chi connectivity index (χ0v) is 12.5. The summed E-state index contributed by atoms with van der Waals surface area (Å²) in [6.45, 7) is -0.0418. The van der Waals surface area contributed by atoms with Gasteiger partial charge in [0.1, 0.15) is 6.61 Å². The zero-order chi connectivity index (χ0) is 15.2. The van der Waals surface area contributed by atoms with E-state index in [4.69, 9.17) is 16.3 Å². The number of hydrogen-bond acceptors (Lipinski definition) is 6. The van der Waals surface area contributed by atoms with Crippen molar-refractivity contribution in [2.24, 2.45) is 0 Å². The fourth-order valence-corrected chi connectivity index (χ4v) is 2.21. The lowest BCUT2D eigenvalue weighted by molar-refractivity contribution is -0.119. The third kappa shape index (κ3) is 4.48. The first-order chi connectivity index (χ1) is 10.1. The van der Waals surface area contributed by atoms with Crippen molar-refractivity contribution in [3.8, 4) is 0 Å². The van der Waals surface area contributed by atoms with E-state index < -0.39 is 5.91 Å². The number of benzene rings is 1. The fraction of sp³-hybridized carbons (Fsp3) is 0.167. The van der Waals surface area contributed by atoms with E-state index in [0.29, 0.717) is 11.4 Å². The highest BCUT2D eigenvalue weighted by Gasteiger charge is 2.12. The van der Waals surface area contributed by atoms with Gasteiger partial charge in [0.15, 0.2) is 0 Å². The first kappa shape index (κ1) is 15.4. The number of nitrogens with one attached hydrogen (secondary N) is 2. The molecule has 0 aliphatic carbocycles. The molecule has 0 bridgehead atoms.